The Kier molecular flexibility index (Phi) is 5.55. The Morgan fingerprint density at radius 3 is 2.43 bits per heavy atom. The van der Waals surface area contributed by atoms with E-state index in [1.807, 2.05) is 17.0 Å². The molecule has 4 heteroatoms. The van der Waals surface area contributed by atoms with Crippen molar-refractivity contribution in [2.45, 2.75) is 44.6 Å². The lowest BCUT2D eigenvalue weighted by Crippen LogP contribution is -2.40. The second-order valence-corrected chi connectivity index (χ2v) is 6.70. The van der Waals surface area contributed by atoms with Crippen LogP contribution in [0.1, 0.15) is 50.1 Å². The number of nitrogens with zero attached hydrogens (tertiary/aromatic N) is 2. The molecule has 23 heavy (non-hydrogen) atoms. The van der Waals surface area contributed by atoms with Crippen molar-refractivity contribution in [3.8, 4) is 5.75 Å². The summed E-state index contributed by atoms with van der Waals surface area (Å²) in [6, 6.07) is 8.72. The highest BCUT2D eigenvalue weighted by Crippen LogP contribution is 2.31. The van der Waals surface area contributed by atoms with Gasteiger partial charge in [0.15, 0.2) is 0 Å². The Balaban J connectivity index is 1.72. The molecule has 2 aliphatic heterocycles. The standard InChI is InChI=1S/C19H28N2O2/c1-23-17-10-8-16(9-11-17)18-7-3-2-4-14-21(18)15-19(22)20-12-5-6-13-20/h8-11,18H,2-7,12-15H2,1H3. The largest absolute Gasteiger partial charge is 0.497 e. The number of carbonyl (C=O) groups excluding carboxylic acids is 1. The number of ether oxygens (including phenoxy) is 1. The summed E-state index contributed by atoms with van der Waals surface area (Å²) in [7, 11) is 1.70. The van der Waals surface area contributed by atoms with Gasteiger partial charge in [-0.25, -0.2) is 0 Å². The second kappa shape index (κ2) is 7.82. The van der Waals surface area contributed by atoms with E-state index in [4.69, 9.17) is 4.74 Å². The molecule has 1 aromatic carbocycles. The van der Waals surface area contributed by atoms with Gasteiger partial charge in [0.1, 0.15) is 5.75 Å². The van der Waals surface area contributed by atoms with Crippen molar-refractivity contribution in [2.75, 3.05) is 33.3 Å². The topological polar surface area (TPSA) is 32.8 Å². The summed E-state index contributed by atoms with van der Waals surface area (Å²) in [5.41, 5.74) is 1.31. The van der Waals surface area contributed by atoms with Gasteiger partial charge in [0.2, 0.25) is 5.91 Å². The molecule has 1 aromatic rings. The quantitative estimate of drug-likeness (QED) is 0.855. The first-order valence-corrected chi connectivity index (χ1v) is 8.94. The first-order chi connectivity index (χ1) is 11.3. The first kappa shape index (κ1) is 16.3. The fraction of sp³-hybridized carbons (Fsp3) is 0.632. The summed E-state index contributed by atoms with van der Waals surface area (Å²) >= 11 is 0. The predicted octanol–water partition coefficient (Wildman–Crippen LogP) is 3.23. The van der Waals surface area contributed by atoms with E-state index >= 15 is 0 Å². The van der Waals surface area contributed by atoms with Crippen LogP contribution in [0.5, 0.6) is 5.75 Å². The average molecular weight is 316 g/mol. The number of hydrogen-bond donors (Lipinski definition) is 0. The van der Waals surface area contributed by atoms with Gasteiger partial charge in [0, 0.05) is 19.1 Å². The summed E-state index contributed by atoms with van der Waals surface area (Å²) in [5, 5.41) is 0. The number of carbonyl (C=O) groups is 1. The minimum atomic E-state index is 0.308. The normalized spacial score (nSPS) is 22.8. The molecule has 0 aromatic heterocycles. The van der Waals surface area contributed by atoms with Crippen LogP contribution >= 0.6 is 0 Å². The zero-order valence-electron chi connectivity index (χ0n) is 14.2. The maximum Gasteiger partial charge on any atom is 0.236 e. The van der Waals surface area contributed by atoms with Crippen LogP contribution in [-0.4, -0.2) is 49.0 Å². The van der Waals surface area contributed by atoms with Crippen molar-refractivity contribution < 1.29 is 9.53 Å². The number of likely N-dealkylation sites (tertiary alicyclic amines) is 2. The summed E-state index contributed by atoms with van der Waals surface area (Å²) in [5.74, 6) is 1.20. The van der Waals surface area contributed by atoms with Gasteiger partial charge in [-0.15, -0.1) is 0 Å². The fourth-order valence-electron chi connectivity index (χ4n) is 3.80. The molecular formula is C19H28N2O2. The Labute approximate surface area is 139 Å². The van der Waals surface area contributed by atoms with Crippen LogP contribution in [0.3, 0.4) is 0 Å². The van der Waals surface area contributed by atoms with Crippen LogP contribution in [0.4, 0.5) is 0 Å². The molecule has 0 saturated carbocycles. The minimum absolute atomic E-state index is 0.308. The van der Waals surface area contributed by atoms with E-state index in [0.29, 0.717) is 18.5 Å². The SMILES string of the molecule is COc1ccc(C2CCCCCN2CC(=O)N2CCCC2)cc1. The molecule has 1 atom stereocenters. The number of hydrogen-bond acceptors (Lipinski definition) is 3. The van der Waals surface area contributed by atoms with Gasteiger partial charge in [-0.05, 0) is 49.9 Å². The Bertz CT molecular complexity index is 509. The lowest BCUT2D eigenvalue weighted by molar-refractivity contribution is -0.132. The molecule has 1 unspecified atom stereocenters. The third-order valence-electron chi connectivity index (χ3n) is 5.16. The van der Waals surface area contributed by atoms with E-state index in [0.717, 1.165) is 44.6 Å². The van der Waals surface area contributed by atoms with Gasteiger partial charge < -0.3 is 9.64 Å². The zero-order valence-corrected chi connectivity index (χ0v) is 14.2. The van der Waals surface area contributed by atoms with Crippen LogP contribution in [0, 0.1) is 0 Å². The van der Waals surface area contributed by atoms with Crippen LogP contribution in [-0.2, 0) is 4.79 Å². The highest BCUT2D eigenvalue weighted by atomic mass is 16.5. The van der Waals surface area contributed by atoms with Crippen molar-refractivity contribution in [1.82, 2.24) is 9.80 Å². The first-order valence-electron chi connectivity index (χ1n) is 8.94. The van der Waals surface area contributed by atoms with Crippen LogP contribution in [0.2, 0.25) is 0 Å². The van der Waals surface area contributed by atoms with E-state index in [9.17, 15) is 4.79 Å². The minimum Gasteiger partial charge on any atom is -0.497 e. The highest BCUT2D eigenvalue weighted by Gasteiger charge is 2.27. The zero-order chi connectivity index (χ0) is 16.1. The molecule has 0 aliphatic carbocycles. The smallest absolute Gasteiger partial charge is 0.236 e. The van der Waals surface area contributed by atoms with Crippen molar-refractivity contribution in [3.05, 3.63) is 29.8 Å². The number of methoxy groups -OCH3 is 1. The second-order valence-electron chi connectivity index (χ2n) is 6.70. The van der Waals surface area contributed by atoms with Crippen LogP contribution in [0.25, 0.3) is 0 Å². The van der Waals surface area contributed by atoms with E-state index in [1.54, 1.807) is 7.11 Å². The number of rotatable bonds is 4. The Morgan fingerprint density at radius 2 is 1.74 bits per heavy atom. The lowest BCUT2D eigenvalue weighted by Gasteiger charge is -2.31. The molecular weight excluding hydrogens is 288 g/mol. The molecule has 0 spiro atoms. The summed E-state index contributed by atoms with van der Waals surface area (Å²) in [6.45, 7) is 3.48. The van der Waals surface area contributed by atoms with Gasteiger partial charge in [-0.3, -0.25) is 9.69 Å². The maximum absolute atomic E-state index is 12.6. The van der Waals surface area contributed by atoms with E-state index in [-0.39, 0.29) is 0 Å². The molecule has 0 bridgehead atoms. The summed E-state index contributed by atoms with van der Waals surface area (Å²) in [4.78, 5) is 17.0. The van der Waals surface area contributed by atoms with E-state index in [1.165, 1.54) is 24.8 Å². The van der Waals surface area contributed by atoms with Crippen molar-refractivity contribution in [3.63, 3.8) is 0 Å². The molecule has 2 aliphatic rings. The van der Waals surface area contributed by atoms with E-state index < -0.39 is 0 Å². The monoisotopic (exact) mass is 316 g/mol. The van der Waals surface area contributed by atoms with Gasteiger partial charge in [0.05, 0.1) is 13.7 Å². The highest BCUT2D eigenvalue weighted by molar-refractivity contribution is 5.78. The van der Waals surface area contributed by atoms with Crippen molar-refractivity contribution in [1.29, 1.82) is 0 Å². The predicted molar refractivity (Wildman–Crippen MR) is 91.6 cm³/mol. The third-order valence-corrected chi connectivity index (χ3v) is 5.16. The van der Waals surface area contributed by atoms with Gasteiger partial charge in [-0.1, -0.05) is 25.0 Å². The molecule has 0 radical (unpaired) electrons. The molecule has 0 N–H and O–H groups in total. The molecule has 1 amide bonds. The fourth-order valence-corrected chi connectivity index (χ4v) is 3.80. The number of amides is 1. The van der Waals surface area contributed by atoms with Crippen LogP contribution < -0.4 is 4.74 Å². The Hall–Kier alpha value is -1.55. The van der Waals surface area contributed by atoms with Gasteiger partial charge in [-0.2, -0.15) is 0 Å². The van der Waals surface area contributed by atoms with Crippen molar-refractivity contribution in [2.24, 2.45) is 0 Å². The van der Waals surface area contributed by atoms with Crippen molar-refractivity contribution >= 4 is 5.91 Å². The maximum atomic E-state index is 12.6. The molecule has 126 valence electrons. The lowest BCUT2D eigenvalue weighted by atomic mass is 10.0. The number of benzene rings is 1. The molecule has 2 fully saturated rings. The van der Waals surface area contributed by atoms with Gasteiger partial charge in [0.25, 0.3) is 0 Å². The van der Waals surface area contributed by atoms with E-state index in [2.05, 4.69) is 17.0 Å². The third kappa shape index (κ3) is 4.05. The molecule has 3 rings (SSSR count). The summed E-state index contributed by atoms with van der Waals surface area (Å²) in [6.07, 6.45) is 7.16. The van der Waals surface area contributed by atoms with Crippen LogP contribution in [0.15, 0.2) is 24.3 Å². The average Bonchev–Trinajstić information content (AvgIpc) is 3.03. The molecule has 2 heterocycles. The molecule has 2 saturated heterocycles. The summed E-state index contributed by atoms with van der Waals surface area (Å²) < 4.78 is 5.27. The molecule has 4 nitrogen and oxygen atoms in total. The Morgan fingerprint density at radius 1 is 1.04 bits per heavy atom. The van der Waals surface area contributed by atoms with Gasteiger partial charge >= 0.3 is 0 Å².